The number of hydrogen-bond donors (Lipinski definition) is 1. The summed E-state index contributed by atoms with van der Waals surface area (Å²) in [5.74, 6) is 0.809. The lowest BCUT2D eigenvalue weighted by atomic mass is 9.88. The number of aryl methyl sites for hydroxylation is 1. The quantitative estimate of drug-likeness (QED) is 0.817. The van der Waals surface area contributed by atoms with Gasteiger partial charge in [0.2, 0.25) is 0 Å². The Morgan fingerprint density at radius 1 is 1.25 bits per heavy atom. The Hall–Kier alpha value is -0.820. The molecule has 0 heterocycles. The van der Waals surface area contributed by atoms with Crippen molar-refractivity contribution in [1.82, 2.24) is 5.32 Å². The molecule has 2 rings (SSSR count). The summed E-state index contributed by atoms with van der Waals surface area (Å²) in [6, 6.07) is 9.58. The van der Waals surface area contributed by atoms with Crippen molar-refractivity contribution in [3.63, 3.8) is 0 Å². The molecule has 0 fully saturated rings. The summed E-state index contributed by atoms with van der Waals surface area (Å²) in [4.78, 5) is 0. The maximum atomic E-state index is 3.69. The fourth-order valence-electron chi connectivity index (χ4n) is 2.45. The normalized spacial score (nSPS) is 19.8. The maximum absolute atomic E-state index is 3.69. The van der Waals surface area contributed by atoms with E-state index in [4.69, 9.17) is 0 Å². The second kappa shape index (κ2) is 5.49. The molecule has 1 atom stereocenters. The number of benzene rings is 1. The molecule has 1 aromatic carbocycles. The zero-order chi connectivity index (χ0) is 11.4. The molecule has 1 aliphatic carbocycles. The molecule has 0 amide bonds. The molecule has 1 aromatic rings. The largest absolute Gasteiger partial charge is 0.314 e. The van der Waals surface area contributed by atoms with Gasteiger partial charge in [-0.05, 0) is 49.3 Å². The lowest BCUT2D eigenvalue weighted by Crippen LogP contribution is -2.35. The number of rotatable bonds is 4. The van der Waals surface area contributed by atoms with Gasteiger partial charge in [-0.15, -0.1) is 0 Å². The van der Waals surface area contributed by atoms with E-state index in [1.165, 1.54) is 32.2 Å². The molecule has 0 aromatic heterocycles. The molecule has 0 aliphatic heterocycles. The van der Waals surface area contributed by atoms with Crippen molar-refractivity contribution in [2.45, 2.75) is 45.6 Å². The van der Waals surface area contributed by atoms with Gasteiger partial charge in [-0.25, -0.2) is 0 Å². The molecular weight excluding hydrogens is 194 g/mol. The highest BCUT2D eigenvalue weighted by atomic mass is 14.9. The first kappa shape index (κ1) is 11.7. The molecule has 0 bridgehead atoms. The summed E-state index contributed by atoms with van der Waals surface area (Å²) in [7, 11) is 0. The summed E-state index contributed by atoms with van der Waals surface area (Å²) in [5, 5.41) is 3.69. The van der Waals surface area contributed by atoms with Gasteiger partial charge in [-0.2, -0.15) is 0 Å². The Morgan fingerprint density at radius 2 is 2.00 bits per heavy atom. The monoisotopic (exact) mass is 217 g/mol. The van der Waals surface area contributed by atoms with Crippen LogP contribution in [0.3, 0.4) is 0 Å². The van der Waals surface area contributed by atoms with E-state index in [1.54, 1.807) is 11.1 Å². The Kier molecular flexibility index (Phi) is 4.00. The number of fused-ring (bicyclic) bond motifs is 1. The predicted octanol–water partition coefficient (Wildman–Crippen LogP) is 3.18. The van der Waals surface area contributed by atoms with E-state index in [1.807, 2.05) is 0 Å². The van der Waals surface area contributed by atoms with Crippen molar-refractivity contribution in [3.8, 4) is 0 Å². The fraction of sp³-hybridized carbons (Fsp3) is 0.600. The minimum atomic E-state index is 0.702. The van der Waals surface area contributed by atoms with Crippen molar-refractivity contribution >= 4 is 0 Å². The molecule has 1 aliphatic rings. The fourth-order valence-corrected chi connectivity index (χ4v) is 2.45. The van der Waals surface area contributed by atoms with Gasteiger partial charge in [0.1, 0.15) is 0 Å². The molecule has 1 nitrogen and oxygen atoms in total. The third-order valence-electron chi connectivity index (χ3n) is 3.50. The summed E-state index contributed by atoms with van der Waals surface area (Å²) in [6.07, 6.45) is 5.05. The standard InChI is InChI=1S/C15H23N/c1-12(2)9-10-16-15-8-7-13-5-3-4-6-14(13)11-15/h3-6,12,15-16H,7-11H2,1-2H3. The minimum Gasteiger partial charge on any atom is -0.314 e. The van der Waals surface area contributed by atoms with Crippen LogP contribution >= 0.6 is 0 Å². The third-order valence-corrected chi connectivity index (χ3v) is 3.50. The van der Waals surface area contributed by atoms with Crippen LogP contribution in [0.1, 0.15) is 37.8 Å². The van der Waals surface area contributed by atoms with Crippen molar-refractivity contribution in [2.24, 2.45) is 5.92 Å². The molecule has 1 unspecified atom stereocenters. The third kappa shape index (κ3) is 3.08. The van der Waals surface area contributed by atoms with Gasteiger partial charge in [0.15, 0.2) is 0 Å². The van der Waals surface area contributed by atoms with Gasteiger partial charge in [0.25, 0.3) is 0 Å². The van der Waals surface area contributed by atoms with Gasteiger partial charge >= 0.3 is 0 Å². The van der Waals surface area contributed by atoms with E-state index in [0.717, 1.165) is 5.92 Å². The van der Waals surface area contributed by atoms with E-state index < -0.39 is 0 Å². The smallest absolute Gasteiger partial charge is 0.0111 e. The van der Waals surface area contributed by atoms with Gasteiger partial charge in [-0.1, -0.05) is 38.1 Å². The highest BCUT2D eigenvalue weighted by Gasteiger charge is 2.17. The van der Waals surface area contributed by atoms with Crippen molar-refractivity contribution in [2.75, 3.05) is 6.54 Å². The molecule has 0 saturated heterocycles. The molecule has 1 N–H and O–H groups in total. The summed E-state index contributed by atoms with van der Waals surface area (Å²) in [6.45, 7) is 5.75. The number of hydrogen-bond acceptors (Lipinski definition) is 1. The molecule has 0 spiro atoms. The van der Waals surface area contributed by atoms with E-state index in [9.17, 15) is 0 Å². The summed E-state index contributed by atoms with van der Waals surface area (Å²) in [5.41, 5.74) is 3.11. The lowest BCUT2D eigenvalue weighted by Gasteiger charge is -2.25. The van der Waals surface area contributed by atoms with E-state index in [2.05, 4.69) is 43.4 Å². The van der Waals surface area contributed by atoms with Crippen LogP contribution < -0.4 is 5.32 Å². The van der Waals surface area contributed by atoms with E-state index in [-0.39, 0.29) is 0 Å². The van der Waals surface area contributed by atoms with Crippen LogP contribution in [0.5, 0.6) is 0 Å². The molecule has 1 heteroatoms. The first-order valence-corrected chi connectivity index (χ1v) is 6.56. The Bertz CT molecular complexity index is 330. The average Bonchev–Trinajstić information content (AvgIpc) is 2.28. The van der Waals surface area contributed by atoms with Crippen LogP contribution in [-0.4, -0.2) is 12.6 Å². The van der Waals surface area contributed by atoms with Crippen LogP contribution in [0, 0.1) is 5.92 Å². The first-order chi connectivity index (χ1) is 7.75. The molecule has 88 valence electrons. The highest BCUT2D eigenvalue weighted by molar-refractivity contribution is 5.30. The van der Waals surface area contributed by atoms with Crippen LogP contribution in [0.15, 0.2) is 24.3 Å². The number of nitrogens with one attached hydrogen (secondary N) is 1. The molecule has 0 radical (unpaired) electrons. The summed E-state index contributed by atoms with van der Waals surface area (Å²) < 4.78 is 0. The van der Waals surface area contributed by atoms with Crippen LogP contribution in [0.2, 0.25) is 0 Å². The molecule has 0 saturated carbocycles. The van der Waals surface area contributed by atoms with Crippen LogP contribution in [0.25, 0.3) is 0 Å². The zero-order valence-electron chi connectivity index (χ0n) is 10.5. The maximum Gasteiger partial charge on any atom is 0.0111 e. The lowest BCUT2D eigenvalue weighted by molar-refractivity contribution is 0.432. The highest BCUT2D eigenvalue weighted by Crippen LogP contribution is 2.20. The average molecular weight is 217 g/mol. The Balaban J connectivity index is 1.83. The SMILES string of the molecule is CC(C)CCNC1CCc2ccccc2C1. The van der Waals surface area contributed by atoms with Crippen molar-refractivity contribution < 1.29 is 0 Å². The van der Waals surface area contributed by atoms with Crippen LogP contribution in [-0.2, 0) is 12.8 Å². The molecule has 16 heavy (non-hydrogen) atoms. The topological polar surface area (TPSA) is 12.0 Å². The van der Waals surface area contributed by atoms with Crippen LogP contribution in [0.4, 0.5) is 0 Å². The predicted molar refractivity (Wildman–Crippen MR) is 69.7 cm³/mol. The van der Waals surface area contributed by atoms with E-state index >= 15 is 0 Å². The Morgan fingerprint density at radius 3 is 2.75 bits per heavy atom. The van der Waals surface area contributed by atoms with Gasteiger partial charge in [-0.3, -0.25) is 0 Å². The van der Waals surface area contributed by atoms with Crippen molar-refractivity contribution in [1.29, 1.82) is 0 Å². The Labute approximate surface area is 99.3 Å². The first-order valence-electron chi connectivity index (χ1n) is 6.56. The zero-order valence-corrected chi connectivity index (χ0v) is 10.5. The van der Waals surface area contributed by atoms with Gasteiger partial charge in [0.05, 0.1) is 0 Å². The summed E-state index contributed by atoms with van der Waals surface area (Å²) >= 11 is 0. The second-order valence-electron chi connectivity index (χ2n) is 5.35. The van der Waals surface area contributed by atoms with Gasteiger partial charge < -0.3 is 5.32 Å². The van der Waals surface area contributed by atoms with Gasteiger partial charge in [0, 0.05) is 6.04 Å². The van der Waals surface area contributed by atoms with E-state index in [0.29, 0.717) is 6.04 Å². The second-order valence-corrected chi connectivity index (χ2v) is 5.35. The minimum absolute atomic E-state index is 0.702. The van der Waals surface area contributed by atoms with Crippen molar-refractivity contribution in [3.05, 3.63) is 35.4 Å². The molecular formula is C15H23N.